The highest BCUT2D eigenvalue weighted by atomic mass is 79.9. The number of nitrogens with two attached hydrogens (primary N) is 1. The molecule has 3 N–H and O–H groups in total. The lowest BCUT2D eigenvalue weighted by atomic mass is 10.1. The van der Waals surface area contributed by atoms with Gasteiger partial charge in [0.15, 0.2) is 4.67 Å². The number of nitrogens with one attached hydrogen (secondary N) is 1. The monoisotopic (exact) mass is 232 g/mol. The summed E-state index contributed by atoms with van der Waals surface area (Å²) in [5, 5.41) is 0. The fraction of sp³-hybridized carbons (Fsp3) is 0.500. The first-order valence-electron chi connectivity index (χ1n) is 3.99. The predicted octanol–water partition coefficient (Wildman–Crippen LogP) is 2.35. The van der Waals surface area contributed by atoms with Gasteiger partial charge < -0.3 is 4.42 Å². The number of furan rings is 1. The van der Waals surface area contributed by atoms with E-state index in [2.05, 4.69) is 28.3 Å². The first-order valence-corrected chi connectivity index (χ1v) is 4.78. The fourth-order valence-electron chi connectivity index (χ4n) is 1.11. The molecule has 0 aliphatic carbocycles. The van der Waals surface area contributed by atoms with Gasteiger partial charge in [-0.2, -0.15) is 0 Å². The van der Waals surface area contributed by atoms with Gasteiger partial charge >= 0.3 is 0 Å². The van der Waals surface area contributed by atoms with E-state index in [0.717, 1.165) is 23.3 Å². The van der Waals surface area contributed by atoms with Gasteiger partial charge in [-0.05, 0) is 34.5 Å². The van der Waals surface area contributed by atoms with Gasteiger partial charge in [-0.3, -0.25) is 5.84 Å². The van der Waals surface area contributed by atoms with Gasteiger partial charge in [-0.1, -0.05) is 13.3 Å². The summed E-state index contributed by atoms with van der Waals surface area (Å²) in [6.07, 6.45) is 2.06. The molecule has 1 heterocycles. The highest BCUT2D eigenvalue weighted by molar-refractivity contribution is 9.10. The third-order valence-electron chi connectivity index (χ3n) is 1.72. The first kappa shape index (κ1) is 9.77. The molecule has 0 spiro atoms. The molecule has 68 valence electrons. The summed E-state index contributed by atoms with van der Waals surface area (Å²) in [6, 6.07) is 3.92. The standard InChI is InChI=1S/C8H13BrN2O/c1-2-3-6(11-10)7-4-5-8(9)12-7/h4-6,11H,2-3,10H2,1H3. The van der Waals surface area contributed by atoms with Crippen LogP contribution in [0, 0.1) is 0 Å². The van der Waals surface area contributed by atoms with Crippen molar-refractivity contribution in [3.63, 3.8) is 0 Å². The van der Waals surface area contributed by atoms with E-state index in [4.69, 9.17) is 10.3 Å². The number of hydrogen-bond donors (Lipinski definition) is 2. The summed E-state index contributed by atoms with van der Waals surface area (Å²) in [5.74, 6) is 6.26. The number of hydrazine groups is 1. The van der Waals surface area contributed by atoms with Crippen LogP contribution in [0.2, 0.25) is 0 Å². The summed E-state index contributed by atoms with van der Waals surface area (Å²) in [4.78, 5) is 0. The van der Waals surface area contributed by atoms with Crippen molar-refractivity contribution >= 4 is 15.9 Å². The van der Waals surface area contributed by atoms with Crippen molar-refractivity contribution in [3.8, 4) is 0 Å². The number of hydrogen-bond acceptors (Lipinski definition) is 3. The summed E-state index contributed by atoms with van der Waals surface area (Å²) >= 11 is 3.25. The van der Waals surface area contributed by atoms with Crippen molar-refractivity contribution in [1.29, 1.82) is 0 Å². The van der Waals surface area contributed by atoms with E-state index < -0.39 is 0 Å². The van der Waals surface area contributed by atoms with E-state index in [1.165, 1.54) is 0 Å². The second-order valence-corrected chi connectivity index (χ2v) is 3.43. The summed E-state index contributed by atoms with van der Waals surface area (Å²) < 4.78 is 6.11. The normalized spacial score (nSPS) is 13.2. The molecule has 1 unspecified atom stereocenters. The second-order valence-electron chi connectivity index (χ2n) is 2.65. The minimum atomic E-state index is 0.126. The minimum Gasteiger partial charge on any atom is -0.453 e. The molecule has 1 atom stereocenters. The molecule has 0 radical (unpaired) electrons. The number of halogens is 1. The van der Waals surface area contributed by atoms with Crippen molar-refractivity contribution in [2.45, 2.75) is 25.8 Å². The molecule has 0 amide bonds. The van der Waals surface area contributed by atoms with E-state index in [-0.39, 0.29) is 6.04 Å². The van der Waals surface area contributed by atoms with Gasteiger partial charge in [0.1, 0.15) is 5.76 Å². The molecule has 0 fully saturated rings. The van der Waals surface area contributed by atoms with Crippen molar-refractivity contribution in [2.75, 3.05) is 0 Å². The first-order chi connectivity index (χ1) is 5.77. The Morgan fingerprint density at radius 3 is 2.83 bits per heavy atom. The van der Waals surface area contributed by atoms with Gasteiger partial charge in [0, 0.05) is 0 Å². The third-order valence-corrected chi connectivity index (χ3v) is 2.14. The Kier molecular flexibility index (Phi) is 3.78. The van der Waals surface area contributed by atoms with Crippen LogP contribution in [0.15, 0.2) is 21.2 Å². The zero-order valence-electron chi connectivity index (χ0n) is 7.01. The van der Waals surface area contributed by atoms with E-state index in [1.54, 1.807) is 0 Å². The smallest absolute Gasteiger partial charge is 0.169 e. The van der Waals surface area contributed by atoms with Crippen LogP contribution in [0.1, 0.15) is 31.6 Å². The summed E-state index contributed by atoms with van der Waals surface area (Å²) in [7, 11) is 0. The highest BCUT2D eigenvalue weighted by Crippen LogP contribution is 2.22. The second kappa shape index (κ2) is 4.64. The molecule has 1 aromatic heterocycles. The average Bonchev–Trinajstić information content (AvgIpc) is 2.47. The fourth-order valence-corrected chi connectivity index (χ4v) is 1.43. The van der Waals surface area contributed by atoms with Crippen LogP contribution in [0.3, 0.4) is 0 Å². The van der Waals surface area contributed by atoms with Crippen LogP contribution in [0.5, 0.6) is 0 Å². The molecule has 0 saturated heterocycles. The maximum Gasteiger partial charge on any atom is 0.169 e. The zero-order chi connectivity index (χ0) is 8.97. The van der Waals surface area contributed by atoms with Crippen LogP contribution in [-0.2, 0) is 0 Å². The molecule has 0 saturated carbocycles. The molecule has 12 heavy (non-hydrogen) atoms. The van der Waals surface area contributed by atoms with Crippen LogP contribution < -0.4 is 11.3 Å². The summed E-state index contributed by atoms with van der Waals surface area (Å²) in [6.45, 7) is 2.11. The summed E-state index contributed by atoms with van der Waals surface area (Å²) in [5.41, 5.74) is 2.72. The van der Waals surface area contributed by atoms with Gasteiger partial charge in [-0.25, -0.2) is 5.43 Å². The van der Waals surface area contributed by atoms with E-state index in [0.29, 0.717) is 0 Å². The van der Waals surface area contributed by atoms with Crippen LogP contribution >= 0.6 is 15.9 Å². The van der Waals surface area contributed by atoms with Gasteiger partial charge in [-0.15, -0.1) is 0 Å². The van der Waals surface area contributed by atoms with Crippen LogP contribution in [-0.4, -0.2) is 0 Å². The third kappa shape index (κ3) is 2.33. The van der Waals surface area contributed by atoms with Crippen molar-refractivity contribution in [2.24, 2.45) is 5.84 Å². The Balaban J connectivity index is 2.66. The van der Waals surface area contributed by atoms with Gasteiger partial charge in [0.2, 0.25) is 0 Å². The van der Waals surface area contributed by atoms with Crippen molar-refractivity contribution < 1.29 is 4.42 Å². The quantitative estimate of drug-likeness (QED) is 0.619. The average molecular weight is 233 g/mol. The molecule has 0 aromatic carbocycles. The lowest BCUT2D eigenvalue weighted by Gasteiger charge is -2.10. The number of rotatable bonds is 4. The Hall–Kier alpha value is -0.320. The highest BCUT2D eigenvalue weighted by Gasteiger charge is 2.11. The lowest BCUT2D eigenvalue weighted by Crippen LogP contribution is -2.27. The van der Waals surface area contributed by atoms with Gasteiger partial charge in [0.25, 0.3) is 0 Å². The van der Waals surface area contributed by atoms with E-state index in [9.17, 15) is 0 Å². The molecule has 0 aliphatic rings. The van der Waals surface area contributed by atoms with Crippen LogP contribution in [0.4, 0.5) is 0 Å². The molecule has 0 aliphatic heterocycles. The molecule has 3 nitrogen and oxygen atoms in total. The molecule has 0 bridgehead atoms. The van der Waals surface area contributed by atoms with E-state index >= 15 is 0 Å². The Bertz CT molecular complexity index is 237. The predicted molar refractivity (Wildman–Crippen MR) is 51.4 cm³/mol. The molecular weight excluding hydrogens is 220 g/mol. The molecule has 1 rings (SSSR count). The van der Waals surface area contributed by atoms with Crippen LogP contribution in [0.25, 0.3) is 0 Å². The molecular formula is C8H13BrN2O. The van der Waals surface area contributed by atoms with Crippen molar-refractivity contribution in [3.05, 3.63) is 22.6 Å². The van der Waals surface area contributed by atoms with Crippen molar-refractivity contribution in [1.82, 2.24) is 5.43 Å². The Morgan fingerprint density at radius 1 is 1.67 bits per heavy atom. The lowest BCUT2D eigenvalue weighted by molar-refractivity contribution is 0.389. The molecule has 1 aromatic rings. The van der Waals surface area contributed by atoms with E-state index in [1.807, 2.05) is 12.1 Å². The van der Waals surface area contributed by atoms with Gasteiger partial charge in [0.05, 0.1) is 6.04 Å². The Labute approximate surface area is 80.4 Å². The largest absolute Gasteiger partial charge is 0.453 e. The minimum absolute atomic E-state index is 0.126. The topological polar surface area (TPSA) is 51.2 Å². The molecule has 4 heteroatoms. The maximum atomic E-state index is 5.37. The SMILES string of the molecule is CCCC(NN)c1ccc(Br)o1. The Morgan fingerprint density at radius 2 is 2.42 bits per heavy atom. The maximum absolute atomic E-state index is 5.37. The zero-order valence-corrected chi connectivity index (χ0v) is 8.60.